The third-order valence-corrected chi connectivity index (χ3v) is 3.51. The summed E-state index contributed by atoms with van der Waals surface area (Å²) in [5.74, 6) is -1.85. The average molecular weight is 298 g/mol. The maximum atomic E-state index is 13.2. The van der Waals surface area contributed by atoms with Gasteiger partial charge in [-0.25, -0.2) is 13.6 Å². The molecule has 0 saturated heterocycles. The molecular formula is C12H12F2N4OS. The molecule has 5 nitrogen and oxygen atoms in total. The lowest BCUT2D eigenvalue weighted by molar-refractivity contribution is 0.208. The number of halogens is 2. The number of carbonyl (C=O) groups excluding carboxylic acids is 1. The Morgan fingerprint density at radius 1 is 1.40 bits per heavy atom. The molecule has 0 bridgehead atoms. The highest BCUT2D eigenvalue weighted by Crippen LogP contribution is 2.21. The number of aromatic nitrogens is 2. The molecule has 0 saturated carbocycles. The van der Waals surface area contributed by atoms with E-state index >= 15 is 0 Å². The molecular weight excluding hydrogens is 286 g/mol. The van der Waals surface area contributed by atoms with Gasteiger partial charge in [0.2, 0.25) is 5.13 Å². The lowest BCUT2D eigenvalue weighted by atomic mass is 10.1. The summed E-state index contributed by atoms with van der Waals surface area (Å²) in [6.45, 7) is 1.71. The second-order valence-electron chi connectivity index (χ2n) is 4.13. The van der Waals surface area contributed by atoms with E-state index < -0.39 is 23.7 Å². The number of nitrogens with zero attached hydrogens (tertiary/aromatic N) is 3. The van der Waals surface area contributed by atoms with Gasteiger partial charge in [-0.3, -0.25) is 5.32 Å². The van der Waals surface area contributed by atoms with Crippen LogP contribution in [0.2, 0.25) is 0 Å². The molecule has 1 heterocycles. The van der Waals surface area contributed by atoms with E-state index in [-0.39, 0.29) is 0 Å². The van der Waals surface area contributed by atoms with Crippen molar-refractivity contribution in [3.63, 3.8) is 0 Å². The highest BCUT2D eigenvalue weighted by Gasteiger charge is 2.19. The van der Waals surface area contributed by atoms with Gasteiger partial charge in [0.15, 0.2) is 11.6 Å². The number of amides is 2. The fourth-order valence-electron chi connectivity index (χ4n) is 1.58. The summed E-state index contributed by atoms with van der Waals surface area (Å²) < 4.78 is 26.1. The van der Waals surface area contributed by atoms with Gasteiger partial charge in [-0.05, 0) is 24.6 Å². The number of urea groups is 1. The van der Waals surface area contributed by atoms with Crippen molar-refractivity contribution in [2.75, 3.05) is 12.4 Å². The van der Waals surface area contributed by atoms with Crippen LogP contribution < -0.4 is 5.32 Å². The van der Waals surface area contributed by atoms with Crippen molar-refractivity contribution in [1.82, 2.24) is 15.1 Å². The highest BCUT2D eigenvalue weighted by atomic mass is 32.1. The third kappa shape index (κ3) is 3.08. The van der Waals surface area contributed by atoms with E-state index in [1.807, 2.05) is 0 Å². The van der Waals surface area contributed by atoms with Gasteiger partial charge in [0.25, 0.3) is 0 Å². The van der Waals surface area contributed by atoms with Gasteiger partial charge < -0.3 is 4.90 Å². The zero-order valence-corrected chi connectivity index (χ0v) is 11.6. The molecule has 0 aliphatic heterocycles. The number of hydrogen-bond acceptors (Lipinski definition) is 4. The summed E-state index contributed by atoms with van der Waals surface area (Å²) in [6.07, 6.45) is 0. The van der Waals surface area contributed by atoms with Crippen LogP contribution in [-0.2, 0) is 0 Å². The van der Waals surface area contributed by atoms with E-state index in [0.717, 1.165) is 12.1 Å². The maximum Gasteiger partial charge on any atom is 0.323 e. The Labute approximate surface area is 118 Å². The van der Waals surface area contributed by atoms with Crippen LogP contribution in [0.3, 0.4) is 0 Å². The fraction of sp³-hybridized carbons (Fsp3) is 0.250. The van der Waals surface area contributed by atoms with Gasteiger partial charge in [0, 0.05) is 7.05 Å². The Morgan fingerprint density at radius 2 is 2.15 bits per heavy atom. The second kappa shape index (κ2) is 5.91. The smallest absolute Gasteiger partial charge is 0.321 e. The molecule has 0 unspecified atom stereocenters. The minimum absolute atomic E-state index is 0.374. The summed E-state index contributed by atoms with van der Waals surface area (Å²) in [5, 5.41) is 10.2. The van der Waals surface area contributed by atoms with Crippen molar-refractivity contribution < 1.29 is 13.6 Å². The zero-order chi connectivity index (χ0) is 14.7. The van der Waals surface area contributed by atoms with E-state index in [1.165, 1.54) is 27.8 Å². The number of rotatable bonds is 3. The van der Waals surface area contributed by atoms with E-state index in [4.69, 9.17) is 0 Å². The molecule has 20 heavy (non-hydrogen) atoms. The number of carbonyl (C=O) groups is 1. The lowest BCUT2D eigenvalue weighted by Crippen LogP contribution is -2.33. The Morgan fingerprint density at radius 3 is 2.75 bits per heavy atom. The second-order valence-corrected chi connectivity index (χ2v) is 4.97. The van der Waals surface area contributed by atoms with Crippen LogP contribution in [0.4, 0.5) is 18.7 Å². The summed E-state index contributed by atoms with van der Waals surface area (Å²) in [5.41, 5.74) is 1.99. The summed E-state index contributed by atoms with van der Waals surface area (Å²) in [7, 11) is 1.56. The van der Waals surface area contributed by atoms with Crippen LogP contribution in [0.25, 0.3) is 0 Å². The number of nitrogens with one attached hydrogen (secondary N) is 1. The van der Waals surface area contributed by atoms with Crippen molar-refractivity contribution in [3.8, 4) is 0 Å². The van der Waals surface area contributed by atoms with Crippen molar-refractivity contribution in [2.24, 2.45) is 0 Å². The average Bonchev–Trinajstić information content (AvgIpc) is 2.93. The summed E-state index contributed by atoms with van der Waals surface area (Å²) in [6, 6.07) is 2.74. The summed E-state index contributed by atoms with van der Waals surface area (Å²) in [4.78, 5) is 13.3. The molecule has 2 amide bonds. The van der Waals surface area contributed by atoms with Gasteiger partial charge in [-0.2, -0.15) is 0 Å². The Bertz CT molecular complexity index is 606. The standard InChI is InChI=1S/C12H12F2N4OS/c1-7(8-3-4-9(13)10(14)5-8)18(2)12(19)16-11-17-15-6-20-11/h3-7H,1-2H3,(H,16,17,19)/t7-/m1/s1. The predicted octanol–water partition coefficient (Wildman–Crippen LogP) is 3.04. The van der Waals surface area contributed by atoms with Gasteiger partial charge in [-0.1, -0.05) is 17.4 Å². The van der Waals surface area contributed by atoms with Crippen molar-refractivity contribution in [2.45, 2.75) is 13.0 Å². The van der Waals surface area contributed by atoms with Crippen LogP contribution in [-0.4, -0.2) is 28.2 Å². The molecule has 1 aromatic carbocycles. The van der Waals surface area contributed by atoms with E-state index in [2.05, 4.69) is 15.5 Å². The Hall–Kier alpha value is -2.09. The van der Waals surface area contributed by atoms with Gasteiger partial charge in [-0.15, -0.1) is 10.2 Å². The van der Waals surface area contributed by atoms with E-state index in [1.54, 1.807) is 14.0 Å². The molecule has 8 heteroatoms. The molecule has 1 atom stereocenters. The topological polar surface area (TPSA) is 58.1 Å². The molecule has 1 N–H and O–H groups in total. The van der Waals surface area contributed by atoms with Crippen LogP contribution >= 0.6 is 11.3 Å². The number of anilines is 1. The van der Waals surface area contributed by atoms with E-state index in [9.17, 15) is 13.6 Å². The Balaban J connectivity index is 2.09. The predicted molar refractivity (Wildman–Crippen MR) is 71.5 cm³/mol. The van der Waals surface area contributed by atoms with Gasteiger partial charge >= 0.3 is 6.03 Å². The molecule has 106 valence electrons. The largest absolute Gasteiger partial charge is 0.323 e. The van der Waals surface area contributed by atoms with Crippen LogP contribution in [0.15, 0.2) is 23.7 Å². The Kier molecular flexibility index (Phi) is 4.23. The molecule has 0 aliphatic carbocycles. The first-order chi connectivity index (χ1) is 9.49. The molecule has 1 aromatic heterocycles. The van der Waals surface area contributed by atoms with Crippen LogP contribution in [0.5, 0.6) is 0 Å². The summed E-state index contributed by atoms with van der Waals surface area (Å²) >= 11 is 1.19. The fourth-order valence-corrected chi connectivity index (χ4v) is 2.01. The van der Waals surface area contributed by atoms with Crippen molar-refractivity contribution >= 4 is 22.5 Å². The molecule has 2 rings (SSSR count). The van der Waals surface area contributed by atoms with Crippen molar-refractivity contribution in [3.05, 3.63) is 40.9 Å². The first kappa shape index (κ1) is 14.3. The van der Waals surface area contributed by atoms with Crippen LogP contribution in [0, 0.1) is 11.6 Å². The number of benzene rings is 1. The minimum Gasteiger partial charge on any atom is -0.321 e. The third-order valence-electron chi connectivity index (χ3n) is 2.90. The first-order valence-electron chi connectivity index (χ1n) is 5.74. The maximum absolute atomic E-state index is 13.2. The normalized spacial score (nSPS) is 12.0. The molecule has 0 fully saturated rings. The highest BCUT2D eigenvalue weighted by molar-refractivity contribution is 7.13. The molecule has 2 aromatic rings. The van der Waals surface area contributed by atoms with Gasteiger partial charge in [0.1, 0.15) is 5.51 Å². The zero-order valence-electron chi connectivity index (χ0n) is 10.8. The quantitative estimate of drug-likeness (QED) is 0.947. The lowest BCUT2D eigenvalue weighted by Gasteiger charge is -2.25. The van der Waals surface area contributed by atoms with Gasteiger partial charge in [0.05, 0.1) is 6.04 Å². The monoisotopic (exact) mass is 298 g/mol. The van der Waals surface area contributed by atoms with Crippen molar-refractivity contribution in [1.29, 1.82) is 0 Å². The first-order valence-corrected chi connectivity index (χ1v) is 6.62. The van der Waals surface area contributed by atoms with E-state index in [0.29, 0.717) is 10.7 Å². The molecule has 0 aliphatic rings. The van der Waals surface area contributed by atoms with Crippen LogP contribution in [0.1, 0.15) is 18.5 Å². The minimum atomic E-state index is -0.938. The molecule has 0 spiro atoms. The number of hydrogen-bond donors (Lipinski definition) is 1. The SMILES string of the molecule is C[C@H](c1ccc(F)c(F)c1)N(C)C(=O)Nc1nncs1. The molecule has 0 radical (unpaired) electrons.